The van der Waals surface area contributed by atoms with Crippen molar-refractivity contribution in [3.8, 4) is 0 Å². The highest BCUT2D eigenvalue weighted by atomic mass is 79.9. The lowest BCUT2D eigenvalue weighted by Gasteiger charge is -2.10. The van der Waals surface area contributed by atoms with Crippen LogP contribution >= 0.6 is 15.9 Å². The molecule has 1 nitrogen and oxygen atoms in total. The first-order valence-electron chi connectivity index (χ1n) is 5.99. The van der Waals surface area contributed by atoms with Gasteiger partial charge in [0, 0.05) is 0 Å². The summed E-state index contributed by atoms with van der Waals surface area (Å²) >= 11 is 3.69. The molecule has 0 amide bonds. The fourth-order valence-corrected chi connectivity index (χ4v) is 2.84. The molecule has 1 atom stereocenters. The van der Waals surface area contributed by atoms with Gasteiger partial charge in [-0.1, -0.05) is 58.4 Å². The van der Waals surface area contributed by atoms with E-state index in [1.807, 2.05) is 12.1 Å². The first-order valence-corrected chi connectivity index (χ1v) is 6.90. The van der Waals surface area contributed by atoms with Crippen LogP contribution in [-0.2, 0) is 6.42 Å². The van der Waals surface area contributed by atoms with E-state index in [1.165, 1.54) is 16.3 Å². The van der Waals surface area contributed by atoms with Gasteiger partial charge >= 0.3 is 0 Å². The van der Waals surface area contributed by atoms with E-state index in [1.54, 1.807) is 6.26 Å². The van der Waals surface area contributed by atoms with Gasteiger partial charge in [0.25, 0.3) is 0 Å². The predicted molar refractivity (Wildman–Crippen MR) is 78.0 cm³/mol. The Bertz CT molecular complexity index is 638. The van der Waals surface area contributed by atoms with Crippen LogP contribution in [0, 0.1) is 0 Å². The summed E-state index contributed by atoms with van der Waals surface area (Å²) in [7, 11) is 0. The Balaban J connectivity index is 1.95. The van der Waals surface area contributed by atoms with Gasteiger partial charge in [0.2, 0.25) is 0 Å². The number of halogens is 1. The average molecular weight is 301 g/mol. The predicted octanol–water partition coefficient (Wildman–Crippen LogP) is 5.11. The van der Waals surface area contributed by atoms with Gasteiger partial charge in [-0.15, -0.1) is 0 Å². The molecule has 90 valence electrons. The number of hydrogen-bond donors (Lipinski definition) is 0. The quantitative estimate of drug-likeness (QED) is 0.613. The number of furan rings is 1. The van der Waals surface area contributed by atoms with Gasteiger partial charge in [0.15, 0.2) is 0 Å². The third-order valence-corrected chi connectivity index (χ3v) is 3.91. The highest BCUT2D eigenvalue weighted by Crippen LogP contribution is 2.30. The molecule has 0 saturated carbocycles. The molecule has 0 aliphatic heterocycles. The Kier molecular flexibility index (Phi) is 3.20. The van der Waals surface area contributed by atoms with Crippen LogP contribution in [0.25, 0.3) is 10.8 Å². The van der Waals surface area contributed by atoms with Gasteiger partial charge < -0.3 is 4.42 Å². The molecule has 2 aromatic carbocycles. The topological polar surface area (TPSA) is 13.1 Å². The van der Waals surface area contributed by atoms with Crippen LogP contribution in [0.4, 0.5) is 0 Å². The zero-order chi connectivity index (χ0) is 12.4. The van der Waals surface area contributed by atoms with Crippen LogP contribution in [0.1, 0.15) is 16.2 Å². The van der Waals surface area contributed by atoms with E-state index < -0.39 is 0 Å². The van der Waals surface area contributed by atoms with Crippen LogP contribution < -0.4 is 0 Å². The smallest absolute Gasteiger partial charge is 0.117 e. The Hall–Kier alpha value is -1.54. The maximum atomic E-state index is 5.43. The maximum Gasteiger partial charge on any atom is 0.117 e. The first-order chi connectivity index (χ1) is 8.84. The summed E-state index contributed by atoms with van der Waals surface area (Å²) in [5, 5.41) is 2.60. The lowest BCUT2D eigenvalue weighted by Crippen LogP contribution is -1.94. The Morgan fingerprint density at radius 2 is 1.78 bits per heavy atom. The van der Waals surface area contributed by atoms with Gasteiger partial charge in [-0.05, 0) is 34.9 Å². The molecule has 0 radical (unpaired) electrons. The van der Waals surface area contributed by atoms with E-state index in [-0.39, 0.29) is 4.83 Å². The Labute approximate surface area is 115 Å². The number of hydrogen-bond acceptors (Lipinski definition) is 1. The highest BCUT2D eigenvalue weighted by molar-refractivity contribution is 9.09. The molecule has 1 aromatic heterocycles. The van der Waals surface area contributed by atoms with E-state index in [0.717, 1.165) is 12.2 Å². The molecule has 0 N–H and O–H groups in total. The maximum absolute atomic E-state index is 5.43. The molecule has 0 spiro atoms. The largest absolute Gasteiger partial charge is 0.468 e. The molecular formula is C16H13BrO. The molecule has 1 heterocycles. The monoisotopic (exact) mass is 300 g/mol. The summed E-state index contributed by atoms with van der Waals surface area (Å²) in [5.41, 5.74) is 1.34. The summed E-state index contributed by atoms with van der Waals surface area (Å²) in [5.74, 6) is 0.975. The Morgan fingerprint density at radius 1 is 0.944 bits per heavy atom. The van der Waals surface area contributed by atoms with Crippen LogP contribution in [0.2, 0.25) is 0 Å². The van der Waals surface area contributed by atoms with Crippen molar-refractivity contribution in [2.24, 2.45) is 0 Å². The fraction of sp³-hybridized carbons (Fsp3) is 0.125. The molecule has 0 saturated heterocycles. The molecule has 3 rings (SSSR count). The summed E-state index contributed by atoms with van der Waals surface area (Å²) in [4.78, 5) is 0.221. The van der Waals surface area contributed by atoms with Crippen LogP contribution in [0.3, 0.4) is 0 Å². The minimum Gasteiger partial charge on any atom is -0.468 e. The van der Waals surface area contributed by atoms with Gasteiger partial charge in [0.05, 0.1) is 11.1 Å². The second-order valence-corrected chi connectivity index (χ2v) is 5.43. The third kappa shape index (κ3) is 2.21. The normalized spacial score (nSPS) is 12.7. The second-order valence-electron chi connectivity index (χ2n) is 4.33. The lowest BCUT2D eigenvalue weighted by atomic mass is 10.0. The molecule has 18 heavy (non-hydrogen) atoms. The SMILES string of the molecule is BrC(Cc1cccc2ccccc12)c1ccco1. The fourth-order valence-electron chi connectivity index (χ4n) is 2.23. The molecule has 2 heteroatoms. The summed E-state index contributed by atoms with van der Waals surface area (Å²) in [6, 6.07) is 18.8. The molecule has 0 aliphatic rings. The zero-order valence-electron chi connectivity index (χ0n) is 9.84. The van der Waals surface area contributed by atoms with Crippen LogP contribution in [0.15, 0.2) is 65.3 Å². The van der Waals surface area contributed by atoms with Gasteiger partial charge in [-0.2, -0.15) is 0 Å². The number of fused-ring (bicyclic) bond motifs is 1. The Morgan fingerprint density at radius 3 is 2.61 bits per heavy atom. The summed E-state index contributed by atoms with van der Waals surface area (Å²) in [6.07, 6.45) is 2.64. The molecule has 0 aliphatic carbocycles. The molecule has 0 fully saturated rings. The summed E-state index contributed by atoms with van der Waals surface area (Å²) < 4.78 is 5.43. The van der Waals surface area contributed by atoms with Gasteiger partial charge in [-0.25, -0.2) is 0 Å². The highest BCUT2D eigenvalue weighted by Gasteiger charge is 2.12. The van der Waals surface area contributed by atoms with E-state index in [4.69, 9.17) is 4.42 Å². The van der Waals surface area contributed by atoms with Crippen molar-refractivity contribution in [2.45, 2.75) is 11.2 Å². The molecule has 1 unspecified atom stereocenters. The average Bonchev–Trinajstić information content (AvgIpc) is 2.93. The van der Waals surface area contributed by atoms with Crippen molar-refractivity contribution in [1.29, 1.82) is 0 Å². The van der Waals surface area contributed by atoms with Crippen molar-refractivity contribution in [3.05, 3.63) is 72.2 Å². The second kappa shape index (κ2) is 4.99. The van der Waals surface area contributed by atoms with Gasteiger partial charge in [0.1, 0.15) is 5.76 Å². The van der Waals surface area contributed by atoms with Crippen molar-refractivity contribution in [3.63, 3.8) is 0 Å². The van der Waals surface area contributed by atoms with E-state index >= 15 is 0 Å². The lowest BCUT2D eigenvalue weighted by molar-refractivity contribution is 0.507. The van der Waals surface area contributed by atoms with Crippen LogP contribution in [-0.4, -0.2) is 0 Å². The number of rotatable bonds is 3. The van der Waals surface area contributed by atoms with Crippen molar-refractivity contribution < 1.29 is 4.42 Å². The molecule has 3 aromatic rings. The third-order valence-electron chi connectivity index (χ3n) is 3.13. The standard InChI is InChI=1S/C16H13BrO/c17-15(16-9-4-10-18-16)11-13-7-3-6-12-5-1-2-8-14(12)13/h1-10,15H,11H2. The van der Waals surface area contributed by atoms with Crippen LogP contribution in [0.5, 0.6) is 0 Å². The molecular weight excluding hydrogens is 288 g/mol. The zero-order valence-corrected chi connectivity index (χ0v) is 11.4. The first kappa shape index (κ1) is 11.5. The van der Waals surface area contributed by atoms with Crippen molar-refractivity contribution >= 4 is 26.7 Å². The van der Waals surface area contributed by atoms with Crippen molar-refractivity contribution in [1.82, 2.24) is 0 Å². The number of alkyl halides is 1. The molecule has 0 bridgehead atoms. The van der Waals surface area contributed by atoms with Crippen molar-refractivity contribution in [2.75, 3.05) is 0 Å². The van der Waals surface area contributed by atoms with E-state index in [9.17, 15) is 0 Å². The minimum atomic E-state index is 0.221. The van der Waals surface area contributed by atoms with E-state index in [2.05, 4.69) is 58.4 Å². The van der Waals surface area contributed by atoms with E-state index in [0.29, 0.717) is 0 Å². The summed E-state index contributed by atoms with van der Waals surface area (Å²) in [6.45, 7) is 0. The number of benzene rings is 2. The van der Waals surface area contributed by atoms with Gasteiger partial charge in [-0.3, -0.25) is 0 Å². The minimum absolute atomic E-state index is 0.221.